The van der Waals surface area contributed by atoms with Crippen LogP contribution in [0, 0.1) is 11.3 Å². The second-order valence-corrected chi connectivity index (χ2v) is 6.45. The molecule has 0 aromatic heterocycles. The number of nitriles is 1. The molecule has 0 bridgehead atoms. The van der Waals surface area contributed by atoms with Gasteiger partial charge in [0.15, 0.2) is 0 Å². The fourth-order valence-electron chi connectivity index (χ4n) is 2.84. The predicted molar refractivity (Wildman–Crippen MR) is 107 cm³/mol. The number of nitrogens with zero attached hydrogens (tertiary/aromatic N) is 2. The third-order valence-electron chi connectivity index (χ3n) is 4.37. The van der Waals surface area contributed by atoms with Crippen LogP contribution < -0.4 is 15.4 Å². The molecule has 0 unspecified atom stereocenters. The first-order chi connectivity index (χ1) is 13.7. The molecule has 2 aromatic rings. The zero-order valence-corrected chi connectivity index (χ0v) is 15.7. The molecule has 1 saturated heterocycles. The van der Waals surface area contributed by atoms with Gasteiger partial charge in [-0.25, -0.2) is 4.79 Å². The van der Waals surface area contributed by atoms with E-state index in [1.54, 1.807) is 48.5 Å². The molecule has 3 rings (SSSR count). The summed E-state index contributed by atoms with van der Waals surface area (Å²) < 4.78 is 11.0. The highest BCUT2D eigenvalue weighted by Gasteiger charge is 2.09. The van der Waals surface area contributed by atoms with E-state index in [0.29, 0.717) is 29.3 Å². The molecule has 2 amide bonds. The number of anilines is 1. The molecule has 1 aliphatic rings. The minimum atomic E-state index is -0.220. The Labute approximate surface area is 164 Å². The predicted octanol–water partition coefficient (Wildman–Crippen LogP) is 3.19. The van der Waals surface area contributed by atoms with E-state index < -0.39 is 0 Å². The Kier molecular flexibility index (Phi) is 7.24. The van der Waals surface area contributed by atoms with Gasteiger partial charge in [0.25, 0.3) is 0 Å². The number of benzene rings is 2. The number of nitrogens with one attached hydrogen (secondary N) is 2. The van der Waals surface area contributed by atoms with E-state index in [1.165, 1.54) is 0 Å². The average molecular weight is 380 g/mol. The summed E-state index contributed by atoms with van der Waals surface area (Å²) in [6, 6.07) is 15.9. The van der Waals surface area contributed by atoms with Crippen LogP contribution in [0.25, 0.3) is 0 Å². The van der Waals surface area contributed by atoms with Gasteiger partial charge in [-0.3, -0.25) is 4.90 Å². The van der Waals surface area contributed by atoms with Crippen molar-refractivity contribution in [3.8, 4) is 17.6 Å². The SMILES string of the molecule is N#Cc1ccc(Oc2ccc(NC(=O)NCCCN3CCOCC3)cc2)cc1. The first-order valence-electron chi connectivity index (χ1n) is 9.36. The van der Waals surface area contributed by atoms with Crippen molar-refractivity contribution in [2.45, 2.75) is 6.42 Å². The van der Waals surface area contributed by atoms with Gasteiger partial charge in [0.2, 0.25) is 0 Å². The number of ether oxygens (including phenoxy) is 2. The van der Waals surface area contributed by atoms with Gasteiger partial charge < -0.3 is 20.1 Å². The topological polar surface area (TPSA) is 86.6 Å². The third kappa shape index (κ3) is 6.27. The van der Waals surface area contributed by atoms with E-state index in [9.17, 15) is 4.79 Å². The van der Waals surface area contributed by atoms with Crippen molar-refractivity contribution in [1.29, 1.82) is 5.26 Å². The lowest BCUT2D eigenvalue weighted by Crippen LogP contribution is -2.38. The summed E-state index contributed by atoms with van der Waals surface area (Å²) in [6.45, 7) is 5.10. The molecule has 0 spiro atoms. The zero-order chi connectivity index (χ0) is 19.6. The largest absolute Gasteiger partial charge is 0.457 e. The van der Waals surface area contributed by atoms with E-state index in [1.807, 2.05) is 0 Å². The van der Waals surface area contributed by atoms with Crippen LogP contribution >= 0.6 is 0 Å². The van der Waals surface area contributed by atoms with Gasteiger partial charge in [-0.2, -0.15) is 5.26 Å². The van der Waals surface area contributed by atoms with Crippen molar-refractivity contribution in [3.63, 3.8) is 0 Å². The Morgan fingerprint density at radius 2 is 1.71 bits per heavy atom. The standard InChI is InChI=1S/C21H24N4O3/c22-16-17-2-6-19(7-3-17)28-20-8-4-18(5-9-20)24-21(26)23-10-1-11-25-12-14-27-15-13-25/h2-9H,1,10-15H2,(H2,23,24,26). The van der Waals surface area contributed by atoms with Crippen LogP contribution in [0.2, 0.25) is 0 Å². The summed E-state index contributed by atoms with van der Waals surface area (Å²) >= 11 is 0. The molecule has 2 N–H and O–H groups in total. The monoisotopic (exact) mass is 380 g/mol. The van der Waals surface area contributed by atoms with Crippen molar-refractivity contribution in [2.75, 3.05) is 44.7 Å². The van der Waals surface area contributed by atoms with Gasteiger partial charge >= 0.3 is 6.03 Å². The van der Waals surface area contributed by atoms with Crippen LogP contribution in [0.15, 0.2) is 48.5 Å². The number of amides is 2. The molecular formula is C21H24N4O3. The molecule has 28 heavy (non-hydrogen) atoms. The fraction of sp³-hybridized carbons (Fsp3) is 0.333. The number of morpholine rings is 1. The van der Waals surface area contributed by atoms with Crippen LogP contribution in [0.5, 0.6) is 11.5 Å². The highest BCUT2D eigenvalue weighted by Crippen LogP contribution is 2.23. The molecule has 1 aliphatic heterocycles. The second kappa shape index (κ2) is 10.3. The highest BCUT2D eigenvalue weighted by atomic mass is 16.5. The minimum Gasteiger partial charge on any atom is -0.457 e. The van der Waals surface area contributed by atoms with E-state index in [2.05, 4.69) is 21.6 Å². The minimum absolute atomic E-state index is 0.220. The van der Waals surface area contributed by atoms with Crippen LogP contribution in [-0.2, 0) is 4.74 Å². The summed E-state index contributed by atoms with van der Waals surface area (Å²) in [5.41, 5.74) is 1.28. The molecule has 1 heterocycles. The van der Waals surface area contributed by atoms with Crippen LogP contribution in [-0.4, -0.2) is 50.3 Å². The lowest BCUT2D eigenvalue weighted by atomic mass is 10.2. The first-order valence-corrected chi connectivity index (χ1v) is 9.36. The molecule has 1 fully saturated rings. The van der Waals surface area contributed by atoms with Gasteiger partial charge in [-0.15, -0.1) is 0 Å². The Morgan fingerprint density at radius 1 is 1.07 bits per heavy atom. The number of rotatable bonds is 7. The highest BCUT2D eigenvalue weighted by molar-refractivity contribution is 5.89. The fourth-order valence-corrected chi connectivity index (χ4v) is 2.84. The quantitative estimate of drug-likeness (QED) is 0.721. The Balaban J connectivity index is 1.38. The van der Waals surface area contributed by atoms with Gasteiger partial charge in [0.1, 0.15) is 11.5 Å². The third-order valence-corrected chi connectivity index (χ3v) is 4.37. The van der Waals surface area contributed by atoms with Gasteiger partial charge in [0.05, 0.1) is 24.8 Å². The molecule has 0 saturated carbocycles. The molecule has 7 heteroatoms. The van der Waals surface area contributed by atoms with Gasteiger partial charge in [-0.1, -0.05) is 0 Å². The summed E-state index contributed by atoms with van der Waals surface area (Å²) in [5, 5.41) is 14.5. The maximum absolute atomic E-state index is 12.0. The summed E-state index contributed by atoms with van der Waals surface area (Å²) in [6.07, 6.45) is 0.908. The maximum atomic E-state index is 12.0. The molecule has 7 nitrogen and oxygen atoms in total. The molecule has 0 aliphatic carbocycles. The lowest BCUT2D eigenvalue weighted by Gasteiger charge is -2.26. The van der Waals surface area contributed by atoms with E-state index in [4.69, 9.17) is 14.7 Å². The van der Waals surface area contributed by atoms with Crippen LogP contribution in [0.4, 0.5) is 10.5 Å². The maximum Gasteiger partial charge on any atom is 0.319 e. The van der Waals surface area contributed by atoms with Gasteiger partial charge in [-0.05, 0) is 61.5 Å². The van der Waals surface area contributed by atoms with E-state index >= 15 is 0 Å². The average Bonchev–Trinajstić information content (AvgIpc) is 2.74. The number of carbonyl (C=O) groups excluding carboxylic acids is 1. The van der Waals surface area contributed by atoms with Crippen molar-refractivity contribution in [3.05, 3.63) is 54.1 Å². The lowest BCUT2D eigenvalue weighted by molar-refractivity contribution is 0.0375. The Morgan fingerprint density at radius 3 is 2.36 bits per heavy atom. The smallest absolute Gasteiger partial charge is 0.319 e. The molecule has 146 valence electrons. The van der Waals surface area contributed by atoms with E-state index in [0.717, 1.165) is 39.3 Å². The summed E-state index contributed by atoms with van der Waals surface area (Å²) in [5.74, 6) is 1.30. The summed E-state index contributed by atoms with van der Waals surface area (Å²) in [7, 11) is 0. The molecule has 0 atom stereocenters. The Hall–Kier alpha value is -3.08. The first kappa shape index (κ1) is 19.7. The van der Waals surface area contributed by atoms with Crippen molar-refractivity contribution in [1.82, 2.24) is 10.2 Å². The van der Waals surface area contributed by atoms with Gasteiger partial charge in [0, 0.05) is 25.3 Å². The molecule has 0 radical (unpaired) electrons. The normalized spacial score (nSPS) is 14.1. The van der Waals surface area contributed by atoms with Crippen molar-refractivity contribution in [2.24, 2.45) is 0 Å². The zero-order valence-electron chi connectivity index (χ0n) is 15.7. The second-order valence-electron chi connectivity index (χ2n) is 6.45. The summed E-state index contributed by atoms with van der Waals surface area (Å²) in [4.78, 5) is 14.3. The Bertz CT molecular complexity index is 794. The number of urea groups is 1. The van der Waals surface area contributed by atoms with Crippen molar-refractivity contribution < 1.29 is 14.3 Å². The van der Waals surface area contributed by atoms with Crippen LogP contribution in [0.3, 0.4) is 0 Å². The number of hydrogen-bond acceptors (Lipinski definition) is 5. The van der Waals surface area contributed by atoms with E-state index in [-0.39, 0.29) is 6.03 Å². The molecular weight excluding hydrogens is 356 g/mol. The number of carbonyl (C=O) groups is 1. The van der Waals surface area contributed by atoms with Crippen LogP contribution in [0.1, 0.15) is 12.0 Å². The van der Waals surface area contributed by atoms with Crippen molar-refractivity contribution >= 4 is 11.7 Å². The number of hydrogen-bond donors (Lipinski definition) is 2. The molecule has 2 aromatic carbocycles.